The van der Waals surface area contributed by atoms with Crippen molar-refractivity contribution < 1.29 is 10.2 Å². The Hall–Kier alpha value is -0.420. The second-order valence-electron chi connectivity index (χ2n) is 2.16. The summed E-state index contributed by atoms with van der Waals surface area (Å²) in [7, 11) is 0. The number of aliphatic hydroxyl groups is 2. The molecule has 0 saturated carbocycles. The Balaban J connectivity index is 3.66. The SMILES string of the molecule is [O-]NCC=C(CCO)CCO. The van der Waals surface area contributed by atoms with Gasteiger partial charge in [-0.05, 0) is 12.8 Å². The van der Waals surface area contributed by atoms with Gasteiger partial charge in [0, 0.05) is 19.8 Å². The van der Waals surface area contributed by atoms with Crippen LogP contribution in [0.5, 0.6) is 0 Å². The predicted octanol–water partition coefficient (Wildman–Crippen LogP) is -0.235. The van der Waals surface area contributed by atoms with E-state index in [1.165, 1.54) is 0 Å². The van der Waals surface area contributed by atoms with Crippen LogP contribution in [0.25, 0.3) is 0 Å². The second-order valence-corrected chi connectivity index (χ2v) is 2.16. The van der Waals surface area contributed by atoms with E-state index < -0.39 is 0 Å². The summed E-state index contributed by atoms with van der Waals surface area (Å²) in [6, 6.07) is 0. The number of nitrogens with one attached hydrogen (secondary N) is 1. The highest BCUT2D eigenvalue weighted by atomic mass is 16.5. The molecule has 0 amide bonds. The molecular formula is C7H14NO3-. The Morgan fingerprint density at radius 1 is 1.27 bits per heavy atom. The molecule has 0 bridgehead atoms. The molecule has 0 spiro atoms. The summed E-state index contributed by atoms with van der Waals surface area (Å²) in [5.74, 6) is 0. The minimum Gasteiger partial charge on any atom is -0.788 e. The fourth-order valence-electron chi connectivity index (χ4n) is 0.802. The largest absolute Gasteiger partial charge is 0.788 e. The molecule has 0 rings (SSSR count). The first-order valence-electron chi connectivity index (χ1n) is 3.59. The Labute approximate surface area is 66.1 Å². The molecular weight excluding hydrogens is 146 g/mol. The van der Waals surface area contributed by atoms with E-state index in [1.54, 1.807) is 11.6 Å². The molecule has 0 aliphatic rings. The van der Waals surface area contributed by atoms with Crippen LogP contribution in [-0.4, -0.2) is 30.0 Å². The number of hydrogen-bond donors (Lipinski definition) is 3. The average Bonchev–Trinajstić information content (AvgIpc) is 2.01. The predicted molar refractivity (Wildman–Crippen MR) is 42.9 cm³/mol. The topological polar surface area (TPSA) is 75.5 Å². The van der Waals surface area contributed by atoms with Crippen molar-refractivity contribution in [1.29, 1.82) is 0 Å². The molecule has 11 heavy (non-hydrogen) atoms. The lowest BCUT2D eigenvalue weighted by molar-refractivity contribution is 0.280. The molecule has 0 fully saturated rings. The van der Waals surface area contributed by atoms with Crippen LogP contribution in [0.15, 0.2) is 11.6 Å². The number of aliphatic hydroxyl groups excluding tert-OH is 2. The first kappa shape index (κ1) is 10.6. The zero-order chi connectivity index (χ0) is 8.53. The van der Waals surface area contributed by atoms with Crippen LogP contribution in [0.3, 0.4) is 0 Å². The van der Waals surface area contributed by atoms with Crippen molar-refractivity contribution in [2.75, 3.05) is 19.8 Å². The first-order chi connectivity index (χ1) is 5.35. The first-order valence-corrected chi connectivity index (χ1v) is 3.59. The Bertz CT molecular complexity index is 106. The van der Waals surface area contributed by atoms with Crippen LogP contribution in [-0.2, 0) is 0 Å². The van der Waals surface area contributed by atoms with E-state index in [0.29, 0.717) is 12.8 Å². The van der Waals surface area contributed by atoms with Gasteiger partial charge in [0.25, 0.3) is 0 Å². The number of hydroxylamine groups is 1. The summed E-state index contributed by atoms with van der Waals surface area (Å²) in [6.45, 7) is 0.366. The molecule has 0 heterocycles. The fourth-order valence-corrected chi connectivity index (χ4v) is 0.802. The number of hydrogen-bond acceptors (Lipinski definition) is 4. The van der Waals surface area contributed by atoms with Crippen molar-refractivity contribution in [3.63, 3.8) is 0 Å². The minimum absolute atomic E-state index is 0.0602. The lowest BCUT2D eigenvalue weighted by atomic mass is 10.1. The highest BCUT2D eigenvalue weighted by Gasteiger charge is 1.93. The van der Waals surface area contributed by atoms with Gasteiger partial charge in [0.1, 0.15) is 0 Å². The molecule has 0 radical (unpaired) electrons. The standard InChI is InChI=1S/C7H14NO3/c9-5-2-7(3-6-10)1-4-8-11/h1,8-10H,2-6H2/q-1. The molecule has 0 saturated heterocycles. The Morgan fingerprint density at radius 3 is 2.18 bits per heavy atom. The van der Waals surface area contributed by atoms with Crippen molar-refractivity contribution in [3.8, 4) is 0 Å². The van der Waals surface area contributed by atoms with Gasteiger partial charge in [-0.2, -0.15) is 0 Å². The molecule has 4 heteroatoms. The van der Waals surface area contributed by atoms with Crippen molar-refractivity contribution in [3.05, 3.63) is 16.9 Å². The van der Waals surface area contributed by atoms with Crippen LogP contribution in [0.4, 0.5) is 0 Å². The lowest BCUT2D eigenvalue weighted by Crippen LogP contribution is -2.04. The number of rotatable bonds is 6. The van der Waals surface area contributed by atoms with Gasteiger partial charge in [-0.15, -0.1) is 0 Å². The van der Waals surface area contributed by atoms with Crippen LogP contribution in [0, 0.1) is 5.21 Å². The van der Waals surface area contributed by atoms with Gasteiger partial charge in [0.2, 0.25) is 0 Å². The van der Waals surface area contributed by atoms with Crippen molar-refractivity contribution in [2.24, 2.45) is 0 Å². The van der Waals surface area contributed by atoms with Gasteiger partial charge in [-0.25, -0.2) is 0 Å². The van der Waals surface area contributed by atoms with E-state index in [1.807, 2.05) is 0 Å². The molecule has 0 aromatic heterocycles. The summed E-state index contributed by atoms with van der Waals surface area (Å²) in [5, 5.41) is 26.9. The van der Waals surface area contributed by atoms with E-state index in [9.17, 15) is 5.21 Å². The zero-order valence-electron chi connectivity index (χ0n) is 6.42. The summed E-state index contributed by atoms with van der Waals surface area (Å²) in [6.07, 6.45) is 2.75. The maximum atomic E-state index is 9.82. The smallest absolute Gasteiger partial charge is 0.0468 e. The molecule has 0 unspecified atom stereocenters. The van der Waals surface area contributed by atoms with Gasteiger partial charge in [-0.1, -0.05) is 11.6 Å². The Morgan fingerprint density at radius 2 is 1.82 bits per heavy atom. The summed E-state index contributed by atoms with van der Waals surface area (Å²) >= 11 is 0. The van der Waals surface area contributed by atoms with Crippen molar-refractivity contribution >= 4 is 0 Å². The Kier molecular flexibility index (Phi) is 7.39. The summed E-state index contributed by atoms with van der Waals surface area (Å²) in [5.41, 5.74) is 2.64. The maximum absolute atomic E-state index is 9.82. The molecule has 0 aromatic carbocycles. The van der Waals surface area contributed by atoms with Gasteiger partial charge >= 0.3 is 0 Å². The molecule has 66 valence electrons. The average molecular weight is 160 g/mol. The highest BCUT2D eigenvalue weighted by Crippen LogP contribution is 2.04. The van der Waals surface area contributed by atoms with Crippen LogP contribution < -0.4 is 5.48 Å². The monoisotopic (exact) mass is 160 g/mol. The maximum Gasteiger partial charge on any atom is 0.0468 e. The fraction of sp³-hybridized carbons (Fsp3) is 0.714. The van der Waals surface area contributed by atoms with Gasteiger partial charge in [0.05, 0.1) is 0 Å². The zero-order valence-corrected chi connectivity index (χ0v) is 6.42. The highest BCUT2D eigenvalue weighted by molar-refractivity contribution is 5.03. The lowest BCUT2D eigenvalue weighted by Gasteiger charge is -2.06. The van der Waals surface area contributed by atoms with Gasteiger partial charge in [0.15, 0.2) is 0 Å². The van der Waals surface area contributed by atoms with E-state index in [2.05, 4.69) is 0 Å². The van der Waals surface area contributed by atoms with Gasteiger partial charge in [-0.3, -0.25) is 0 Å². The molecule has 0 atom stereocenters. The third kappa shape index (κ3) is 6.00. The summed E-state index contributed by atoms with van der Waals surface area (Å²) < 4.78 is 0. The van der Waals surface area contributed by atoms with Crippen molar-refractivity contribution in [2.45, 2.75) is 12.8 Å². The molecule has 4 nitrogen and oxygen atoms in total. The minimum atomic E-state index is 0.0602. The third-order valence-electron chi connectivity index (χ3n) is 1.34. The quantitative estimate of drug-likeness (QED) is 0.370. The summed E-state index contributed by atoms with van der Waals surface area (Å²) in [4.78, 5) is 0. The van der Waals surface area contributed by atoms with E-state index in [4.69, 9.17) is 10.2 Å². The second kappa shape index (κ2) is 7.68. The van der Waals surface area contributed by atoms with Crippen LogP contribution in [0.2, 0.25) is 0 Å². The molecule has 0 aromatic rings. The van der Waals surface area contributed by atoms with E-state index in [-0.39, 0.29) is 19.8 Å². The molecule has 0 aliphatic heterocycles. The van der Waals surface area contributed by atoms with Crippen LogP contribution in [0.1, 0.15) is 12.8 Å². The van der Waals surface area contributed by atoms with Gasteiger partial charge < -0.3 is 20.9 Å². The third-order valence-corrected chi connectivity index (χ3v) is 1.34. The normalized spacial score (nSPS) is 9.73. The van der Waals surface area contributed by atoms with E-state index in [0.717, 1.165) is 5.57 Å². The van der Waals surface area contributed by atoms with Crippen molar-refractivity contribution in [1.82, 2.24) is 5.48 Å². The molecule has 0 aliphatic carbocycles. The van der Waals surface area contributed by atoms with E-state index >= 15 is 0 Å². The molecule has 3 N–H and O–H groups in total. The van der Waals surface area contributed by atoms with Crippen LogP contribution >= 0.6 is 0 Å².